The Morgan fingerprint density at radius 1 is 1.19 bits per heavy atom. The Labute approximate surface area is 121 Å². The Kier molecular flexibility index (Phi) is 4.27. The maximum atomic E-state index is 11.7. The third kappa shape index (κ3) is 3.85. The highest BCUT2D eigenvalue weighted by atomic mass is 16.4. The van der Waals surface area contributed by atoms with E-state index in [2.05, 4.69) is 10.6 Å². The van der Waals surface area contributed by atoms with E-state index in [0.29, 0.717) is 17.0 Å². The molecule has 21 heavy (non-hydrogen) atoms. The number of rotatable bonds is 4. The Hall–Kier alpha value is -2.76. The van der Waals surface area contributed by atoms with Crippen LogP contribution in [0.25, 0.3) is 0 Å². The fourth-order valence-corrected chi connectivity index (χ4v) is 1.85. The van der Waals surface area contributed by atoms with Gasteiger partial charge in [-0.15, -0.1) is 0 Å². The number of carboxylic acids is 1. The molecule has 0 fully saturated rings. The summed E-state index contributed by atoms with van der Waals surface area (Å²) in [5.41, 5.74) is 1.22. The van der Waals surface area contributed by atoms with Gasteiger partial charge in [0.1, 0.15) is 11.5 Å². The Morgan fingerprint density at radius 3 is 2.57 bits per heavy atom. The summed E-state index contributed by atoms with van der Waals surface area (Å²) < 4.78 is 5.33. The van der Waals surface area contributed by atoms with Crippen molar-refractivity contribution in [2.24, 2.45) is 0 Å². The van der Waals surface area contributed by atoms with Crippen molar-refractivity contribution in [2.45, 2.75) is 20.4 Å². The zero-order valence-electron chi connectivity index (χ0n) is 11.8. The lowest BCUT2D eigenvalue weighted by Crippen LogP contribution is -2.28. The van der Waals surface area contributed by atoms with Crippen LogP contribution in [0.15, 0.2) is 34.7 Å². The molecule has 0 aliphatic rings. The van der Waals surface area contributed by atoms with Crippen LogP contribution < -0.4 is 10.6 Å². The van der Waals surface area contributed by atoms with Gasteiger partial charge in [0.2, 0.25) is 0 Å². The number of hydrogen-bond acceptors (Lipinski definition) is 3. The molecule has 0 atom stereocenters. The molecule has 0 spiro atoms. The number of aromatic carboxylic acids is 1. The third-order valence-corrected chi connectivity index (χ3v) is 2.95. The van der Waals surface area contributed by atoms with Crippen molar-refractivity contribution in [3.8, 4) is 0 Å². The molecule has 0 aliphatic heterocycles. The Bertz CT molecular complexity index is 676. The molecule has 2 amide bonds. The molecule has 110 valence electrons. The van der Waals surface area contributed by atoms with E-state index in [4.69, 9.17) is 9.52 Å². The lowest BCUT2D eigenvalue weighted by molar-refractivity contribution is 0.0696. The van der Waals surface area contributed by atoms with Gasteiger partial charge in [-0.1, -0.05) is 6.07 Å². The second-order valence-corrected chi connectivity index (χ2v) is 4.65. The summed E-state index contributed by atoms with van der Waals surface area (Å²) in [5.74, 6) is 0.400. The number of furan rings is 1. The van der Waals surface area contributed by atoms with Crippen molar-refractivity contribution < 1.29 is 19.1 Å². The molecule has 3 N–H and O–H groups in total. The zero-order chi connectivity index (χ0) is 15.4. The topological polar surface area (TPSA) is 91.6 Å². The number of nitrogens with one attached hydrogen (secondary N) is 2. The van der Waals surface area contributed by atoms with E-state index < -0.39 is 12.0 Å². The van der Waals surface area contributed by atoms with E-state index in [1.54, 1.807) is 25.1 Å². The number of urea groups is 1. The zero-order valence-corrected chi connectivity index (χ0v) is 11.8. The minimum Gasteiger partial charge on any atom is -0.478 e. The molecule has 1 heterocycles. The minimum atomic E-state index is -1.03. The van der Waals surface area contributed by atoms with Crippen LogP contribution in [0, 0.1) is 13.8 Å². The lowest BCUT2D eigenvalue weighted by Gasteiger charge is -2.08. The first-order valence-electron chi connectivity index (χ1n) is 6.40. The molecular formula is C15H16N2O4. The predicted octanol–water partition coefficient (Wildman–Crippen LogP) is 2.92. The molecular weight excluding hydrogens is 272 g/mol. The normalized spacial score (nSPS) is 10.2. The highest BCUT2D eigenvalue weighted by molar-refractivity contribution is 5.94. The second kappa shape index (κ2) is 6.13. The van der Waals surface area contributed by atoms with Gasteiger partial charge in [-0.3, -0.25) is 0 Å². The number of carbonyl (C=O) groups excluding carboxylic acids is 1. The lowest BCUT2D eigenvalue weighted by atomic mass is 10.1. The summed E-state index contributed by atoms with van der Waals surface area (Å²) in [4.78, 5) is 22.8. The van der Waals surface area contributed by atoms with Crippen LogP contribution in [-0.2, 0) is 6.54 Å². The summed E-state index contributed by atoms with van der Waals surface area (Å²) in [6, 6.07) is 7.89. The number of carbonyl (C=O) groups is 2. The summed E-state index contributed by atoms with van der Waals surface area (Å²) in [7, 11) is 0. The van der Waals surface area contributed by atoms with E-state index in [9.17, 15) is 9.59 Å². The molecule has 6 heteroatoms. The van der Waals surface area contributed by atoms with Crippen LogP contribution >= 0.6 is 0 Å². The molecule has 0 radical (unpaired) electrons. The summed E-state index contributed by atoms with van der Waals surface area (Å²) in [6.07, 6.45) is 0. The second-order valence-electron chi connectivity index (χ2n) is 4.65. The van der Waals surface area contributed by atoms with E-state index >= 15 is 0 Å². The van der Waals surface area contributed by atoms with E-state index in [1.807, 2.05) is 13.0 Å². The number of carboxylic acid groups (broad SMARTS) is 1. The molecule has 1 aromatic carbocycles. The molecule has 6 nitrogen and oxygen atoms in total. The molecule has 1 aromatic heterocycles. The van der Waals surface area contributed by atoms with Gasteiger partial charge < -0.3 is 20.2 Å². The maximum absolute atomic E-state index is 11.7. The molecule has 0 bridgehead atoms. The van der Waals surface area contributed by atoms with Gasteiger partial charge in [0.05, 0.1) is 12.1 Å². The monoisotopic (exact) mass is 288 g/mol. The van der Waals surface area contributed by atoms with E-state index in [0.717, 1.165) is 5.76 Å². The average Bonchev–Trinajstić information content (AvgIpc) is 2.84. The first-order chi connectivity index (χ1) is 9.95. The smallest absolute Gasteiger partial charge is 0.336 e. The molecule has 0 unspecified atom stereocenters. The summed E-state index contributed by atoms with van der Waals surface area (Å²) in [6.45, 7) is 3.78. The van der Waals surface area contributed by atoms with Crippen molar-refractivity contribution in [3.05, 3.63) is 53.0 Å². The van der Waals surface area contributed by atoms with Gasteiger partial charge in [0.15, 0.2) is 0 Å². The quantitative estimate of drug-likeness (QED) is 0.806. The van der Waals surface area contributed by atoms with Crippen molar-refractivity contribution >= 4 is 17.7 Å². The maximum Gasteiger partial charge on any atom is 0.336 e. The first kappa shape index (κ1) is 14.6. The largest absolute Gasteiger partial charge is 0.478 e. The number of amides is 2. The third-order valence-electron chi connectivity index (χ3n) is 2.95. The molecule has 0 saturated carbocycles. The first-order valence-corrected chi connectivity index (χ1v) is 6.40. The summed E-state index contributed by atoms with van der Waals surface area (Å²) in [5, 5.41) is 14.3. The van der Waals surface area contributed by atoms with Crippen LogP contribution in [0.1, 0.15) is 27.4 Å². The fraction of sp³-hybridized carbons (Fsp3) is 0.200. The number of anilines is 1. The molecule has 0 aliphatic carbocycles. The average molecular weight is 288 g/mol. The SMILES string of the molecule is Cc1ccc(CNC(=O)Nc2ccc(C)c(C(=O)O)c2)o1. The van der Waals surface area contributed by atoms with Crippen LogP contribution in [0.4, 0.5) is 10.5 Å². The molecule has 2 aromatic rings. The Morgan fingerprint density at radius 2 is 1.95 bits per heavy atom. The standard InChI is InChI=1S/C15H16N2O4/c1-9-3-5-11(7-13(9)14(18)19)17-15(20)16-8-12-6-4-10(2)21-12/h3-7H,8H2,1-2H3,(H,18,19)(H2,16,17,20). The number of aryl methyl sites for hydroxylation is 2. The van der Waals surface area contributed by atoms with Crippen molar-refractivity contribution in [1.82, 2.24) is 5.32 Å². The highest BCUT2D eigenvalue weighted by Gasteiger charge is 2.09. The highest BCUT2D eigenvalue weighted by Crippen LogP contribution is 2.15. The van der Waals surface area contributed by atoms with Crippen LogP contribution in [0.5, 0.6) is 0 Å². The van der Waals surface area contributed by atoms with Gasteiger partial charge in [-0.25, -0.2) is 9.59 Å². The van der Waals surface area contributed by atoms with Gasteiger partial charge in [0, 0.05) is 5.69 Å². The van der Waals surface area contributed by atoms with Gasteiger partial charge in [-0.2, -0.15) is 0 Å². The number of hydrogen-bond donors (Lipinski definition) is 3. The van der Waals surface area contributed by atoms with E-state index in [1.165, 1.54) is 6.07 Å². The van der Waals surface area contributed by atoms with Crippen LogP contribution in [-0.4, -0.2) is 17.1 Å². The van der Waals surface area contributed by atoms with Gasteiger partial charge in [-0.05, 0) is 43.7 Å². The Balaban J connectivity index is 1.96. The minimum absolute atomic E-state index is 0.162. The molecule has 0 saturated heterocycles. The van der Waals surface area contributed by atoms with Crippen LogP contribution in [0.3, 0.4) is 0 Å². The molecule has 2 rings (SSSR count). The van der Waals surface area contributed by atoms with Crippen molar-refractivity contribution in [1.29, 1.82) is 0 Å². The number of benzene rings is 1. The van der Waals surface area contributed by atoms with Gasteiger partial charge >= 0.3 is 12.0 Å². The van der Waals surface area contributed by atoms with Crippen LogP contribution in [0.2, 0.25) is 0 Å². The fourth-order valence-electron chi connectivity index (χ4n) is 1.85. The predicted molar refractivity (Wildman–Crippen MR) is 77.4 cm³/mol. The van der Waals surface area contributed by atoms with Crippen molar-refractivity contribution in [2.75, 3.05) is 5.32 Å². The summed E-state index contributed by atoms with van der Waals surface area (Å²) >= 11 is 0. The van der Waals surface area contributed by atoms with E-state index in [-0.39, 0.29) is 12.1 Å². The van der Waals surface area contributed by atoms with Gasteiger partial charge in [0.25, 0.3) is 0 Å². The van der Waals surface area contributed by atoms with Crippen molar-refractivity contribution in [3.63, 3.8) is 0 Å².